The number of nitrogens with one attached hydrogen (secondary N) is 1. The van der Waals surface area contributed by atoms with E-state index < -0.39 is 23.2 Å². The topological polar surface area (TPSA) is 109 Å². The normalized spacial score (nSPS) is 11.8. The number of thioether (sulfide) groups is 1. The van der Waals surface area contributed by atoms with E-state index in [4.69, 9.17) is 10.8 Å². The van der Waals surface area contributed by atoms with Crippen LogP contribution in [0.1, 0.15) is 19.8 Å². The number of imide groups is 1. The summed E-state index contributed by atoms with van der Waals surface area (Å²) in [6, 6.07) is -0.893. The summed E-state index contributed by atoms with van der Waals surface area (Å²) in [6.07, 6.45) is 0.578. The highest BCUT2D eigenvalue weighted by molar-refractivity contribution is 8.00. The van der Waals surface area contributed by atoms with Gasteiger partial charge in [-0.3, -0.25) is 14.9 Å². The molecule has 1 unspecified atom stereocenters. The number of nitrogens with two attached hydrogens (primary N) is 1. The third kappa shape index (κ3) is 6.78. The Morgan fingerprint density at radius 2 is 2.07 bits per heavy atom. The Morgan fingerprint density at radius 1 is 1.47 bits per heavy atom. The molecule has 0 saturated heterocycles. The van der Waals surface area contributed by atoms with Crippen LogP contribution in [-0.2, 0) is 9.59 Å². The second-order valence-electron chi connectivity index (χ2n) is 2.77. The van der Waals surface area contributed by atoms with Crippen molar-refractivity contribution < 1.29 is 19.5 Å². The summed E-state index contributed by atoms with van der Waals surface area (Å²) < 4.78 is 0. The summed E-state index contributed by atoms with van der Waals surface area (Å²) in [5.41, 5.74) is 4.73. The van der Waals surface area contributed by atoms with Crippen LogP contribution in [0.3, 0.4) is 0 Å². The molecule has 7 heteroatoms. The Balaban J connectivity index is 3.73. The predicted octanol–water partition coefficient (Wildman–Crippen LogP) is 0.168. The lowest BCUT2D eigenvalue weighted by atomic mass is 10.3. The van der Waals surface area contributed by atoms with Gasteiger partial charge in [-0.2, -0.15) is 0 Å². The molecule has 1 atom stereocenters. The second-order valence-corrected chi connectivity index (χ2v) is 4.08. The molecule has 0 aliphatic heterocycles. The highest BCUT2D eigenvalue weighted by Gasteiger charge is 2.15. The van der Waals surface area contributed by atoms with E-state index in [9.17, 15) is 14.4 Å². The minimum atomic E-state index is -0.893. The zero-order valence-electron chi connectivity index (χ0n) is 8.36. The smallest absolute Gasteiger partial charge is 0.318 e. The lowest BCUT2D eigenvalue weighted by molar-refractivity contribution is -0.136. The van der Waals surface area contributed by atoms with E-state index in [0.717, 1.165) is 0 Å². The number of carbonyl (C=O) groups is 3. The molecule has 0 aromatic carbocycles. The van der Waals surface area contributed by atoms with E-state index in [1.54, 1.807) is 6.92 Å². The molecule has 15 heavy (non-hydrogen) atoms. The van der Waals surface area contributed by atoms with E-state index in [0.29, 0.717) is 12.2 Å². The monoisotopic (exact) mass is 234 g/mol. The molecule has 0 aliphatic rings. The summed E-state index contributed by atoms with van der Waals surface area (Å²) in [6.45, 7) is 1.76. The number of primary amides is 1. The summed E-state index contributed by atoms with van der Waals surface area (Å²) >= 11 is 1.17. The van der Waals surface area contributed by atoms with Crippen molar-refractivity contribution in [2.75, 3.05) is 5.75 Å². The summed E-state index contributed by atoms with van der Waals surface area (Å²) in [4.78, 5) is 31.8. The van der Waals surface area contributed by atoms with Crippen LogP contribution in [0.25, 0.3) is 0 Å². The zero-order valence-corrected chi connectivity index (χ0v) is 9.17. The lowest BCUT2D eigenvalue weighted by Crippen LogP contribution is -2.35. The molecule has 3 amide bonds. The zero-order chi connectivity index (χ0) is 11.8. The minimum absolute atomic E-state index is 0.0807. The second kappa shape index (κ2) is 7.10. The number of hydrogen-bond acceptors (Lipinski definition) is 4. The van der Waals surface area contributed by atoms with E-state index in [-0.39, 0.29) is 6.42 Å². The fourth-order valence-electron chi connectivity index (χ4n) is 0.858. The third-order valence-corrected chi connectivity index (χ3v) is 2.93. The van der Waals surface area contributed by atoms with E-state index in [1.165, 1.54) is 11.8 Å². The lowest BCUT2D eigenvalue weighted by Gasteiger charge is -2.08. The van der Waals surface area contributed by atoms with Crippen LogP contribution in [0.4, 0.5) is 4.79 Å². The number of amides is 3. The van der Waals surface area contributed by atoms with Gasteiger partial charge in [-0.05, 0) is 6.42 Å². The number of urea groups is 1. The average molecular weight is 234 g/mol. The number of carboxylic acids is 1. The highest BCUT2D eigenvalue weighted by atomic mass is 32.2. The van der Waals surface area contributed by atoms with Gasteiger partial charge in [0, 0.05) is 12.2 Å². The van der Waals surface area contributed by atoms with Gasteiger partial charge < -0.3 is 10.8 Å². The molecule has 0 rings (SSSR count). The van der Waals surface area contributed by atoms with Crippen LogP contribution in [0.2, 0.25) is 0 Å². The van der Waals surface area contributed by atoms with Gasteiger partial charge in [0.25, 0.3) is 0 Å². The van der Waals surface area contributed by atoms with Gasteiger partial charge in [-0.1, -0.05) is 6.92 Å². The fourth-order valence-corrected chi connectivity index (χ4v) is 1.82. The molecule has 6 nitrogen and oxygen atoms in total. The summed E-state index contributed by atoms with van der Waals surface area (Å²) in [7, 11) is 0. The first-order valence-electron chi connectivity index (χ1n) is 4.41. The maximum Gasteiger partial charge on any atom is 0.318 e. The predicted molar refractivity (Wildman–Crippen MR) is 56.5 cm³/mol. The number of hydrogen-bond donors (Lipinski definition) is 3. The van der Waals surface area contributed by atoms with Crippen molar-refractivity contribution in [2.24, 2.45) is 5.73 Å². The van der Waals surface area contributed by atoms with Gasteiger partial charge >= 0.3 is 12.0 Å². The molecular weight excluding hydrogens is 220 g/mol. The SMILES string of the molecule is CCC(SCCC(=O)NC(N)=O)C(=O)O. The van der Waals surface area contributed by atoms with Crippen LogP contribution >= 0.6 is 11.8 Å². The Hall–Kier alpha value is -1.24. The Labute approximate surface area is 91.6 Å². The Bertz CT molecular complexity index is 257. The van der Waals surface area contributed by atoms with Gasteiger partial charge in [0.1, 0.15) is 5.25 Å². The van der Waals surface area contributed by atoms with Crippen molar-refractivity contribution in [2.45, 2.75) is 25.0 Å². The van der Waals surface area contributed by atoms with Crippen LogP contribution in [-0.4, -0.2) is 34.0 Å². The standard InChI is InChI=1S/C8H14N2O4S/c1-2-5(7(12)13)15-4-3-6(11)10-8(9)14/h5H,2-4H2,1H3,(H,12,13)(H3,9,10,11,14). The first-order chi connectivity index (χ1) is 6.97. The van der Waals surface area contributed by atoms with Crippen molar-refractivity contribution in [1.29, 1.82) is 0 Å². The molecule has 0 aromatic rings. The van der Waals surface area contributed by atoms with Gasteiger partial charge in [0.05, 0.1) is 0 Å². The van der Waals surface area contributed by atoms with Crippen molar-refractivity contribution in [3.8, 4) is 0 Å². The molecule has 0 bridgehead atoms. The first-order valence-corrected chi connectivity index (χ1v) is 5.46. The van der Waals surface area contributed by atoms with Crippen molar-refractivity contribution >= 4 is 29.7 Å². The molecule has 0 saturated carbocycles. The Morgan fingerprint density at radius 3 is 2.47 bits per heavy atom. The number of carbonyl (C=O) groups excluding carboxylic acids is 2. The highest BCUT2D eigenvalue weighted by Crippen LogP contribution is 2.15. The van der Waals surface area contributed by atoms with Crippen LogP contribution in [0, 0.1) is 0 Å². The average Bonchev–Trinajstić information content (AvgIpc) is 2.10. The third-order valence-electron chi connectivity index (χ3n) is 1.56. The molecular formula is C8H14N2O4S. The summed E-state index contributed by atoms with van der Waals surface area (Å²) in [5.74, 6) is -1.03. The molecule has 0 aliphatic carbocycles. The molecule has 0 spiro atoms. The number of carboxylic acid groups (broad SMARTS) is 1. The fraction of sp³-hybridized carbons (Fsp3) is 0.625. The molecule has 0 radical (unpaired) electrons. The van der Waals surface area contributed by atoms with Gasteiger partial charge in [-0.15, -0.1) is 11.8 Å². The minimum Gasteiger partial charge on any atom is -0.480 e. The number of rotatable bonds is 6. The molecule has 86 valence electrons. The van der Waals surface area contributed by atoms with Gasteiger partial charge in [-0.25, -0.2) is 4.79 Å². The van der Waals surface area contributed by atoms with E-state index >= 15 is 0 Å². The van der Waals surface area contributed by atoms with Crippen LogP contribution in [0.5, 0.6) is 0 Å². The van der Waals surface area contributed by atoms with Crippen molar-refractivity contribution in [3.63, 3.8) is 0 Å². The van der Waals surface area contributed by atoms with Crippen LogP contribution < -0.4 is 11.1 Å². The van der Waals surface area contributed by atoms with Gasteiger partial charge in [0.15, 0.2) is 0 Å². The van der Waals surface area contributed by atoms with Crippen molar-refractivity contribution in [3.05, 3.63) is 0 Å². The van der Waals surface area contributed by atoms with Crippen LogP contribution in [0.15, 0.2) is 0 Å². The molecule has 0 heterocycles. The van der Waals surface area contributed by atoms with Gasteiger partial charge in [0.2, 0.25) is 5.91 Å². The maximum absolute atomic E-state index is 10.9. The Kier molecular flexibility index (Phi) is 6.52. The van der Waals surface area contributed by atoms with E-state index in [2.05, 4.69) is 0 Å². The maximum atomic E-state index is 10.9. The largest absolute Gasteiger partial charge is 0.480 e. The molecule has 0 aromatic heterocycles. The van der Waals surface area contributed by atoms with Crippen molar-refractivity contribution in [1.82, 2.24) is 5.32 Å². The first kappa shape index (κ1) is 13.8. The molecule has 4 N–H and O–H groups in total. The quantitative estimate of drug-likeness (QED) is 0.606. The summed E-state index contributed by atoms with van der Waals surface area (Å²) in [5, 5.41) is 10.1. The number of aliphatic carboxylic acids is 1. The van der Waals surface area contributed by atoms with E-state index in [1.807, 2.05) is 5.32 Å². The molecule has 0 fully saturated rings.